The second-order valence-corrected chi connectivity index (χ2v) is 11.1. The van der Waals surface area contributed by atoms with Gasteiger partial charge in [-0.05, 0) is 74.4 Å². The van der Waals surface area contributed by atoms with E-state index in [-0.39, 0.29) is 35.9 Å². The number of aromatic nitrogens is 1. The van der Waals surface area contributed by atoms with Crippen molar-refractivity contribution in [2.24, 2.45) is 0 Å². The fourth-order valence-corrected chi connectivity index (χ4v) is 6.68. The molecule has 1 atom stereocenters. The summed E-state index contributed by atoms with van der Waals surface area (Å²) in [4.78, 5) is 48.0. The molecule has 0 N–H and O–H groups in total. The van der Waals surface area contributed by atoms with E-state index in [9.17, 15) is 19.6 Å². The molecule has 0 radical (unpaired) electrons. The molecular weight excluding hydrogens is 500 g/mol. The Morgan fingerprint density at radius 3 is 2.58 bits per heavy atom. The molecule has 1 aromatic carbocycles. The van der Waals surface area contributed by atoms with E-state index < -0.39 is 6.04 Å². The molecule has 3 amide bonds. The van der Waals surface area contributed by atoms with Gasteiger partial charge in [-0.1, -0.05) is 31.0 Å². The Bertz CT molecular complexity index is 1270. The van der Waals surface area contributed by atoms with Gasteiger partial charge in [-0.2, -0.15) is 5.26 Å². The van der Waals surface area contributed by atoms with Crippen LogP contribution in [0.2, 0.25) is 0 Å². The topological polar surface area (TPSA) is 104 Å². The molecule has 2 aromatic rings. The zero-order valence-electron chi connectivity index (χ0n) is 21.6. The number of amides is 3. The third-order valence-electron chi connectivity index (χ3n) is 7.76. The molecule has 0 bridgehead atoms. The number of methoxy groups -OCH3 is 1. The highest BCUT2D eigenvalue weighted by molar-refractivity contribution is 8.00. The molecule has 9 heteroatoms. The van der Waals surface area contributed by atoms with Gasteiger partial charge in [-0.3, -0.25) is 14.4 Å². The number of ether oxygens (including phenoxy) is 1. The van der Waals surface area contributed by atoms with Crippen LogP contribution in [0.15, 0.2) is 35.4 Å². The Morgan fingerprint density at radius 2 is 1.87 bits per heavy atom. The number of benzene rings is 1. The number of fused-ring (bicyclic) bond motifs is 1. The van der Waals surface area contributed by atoms with E-state index in [2.05, 4.69) is 6.07 Å². The summed E-state index contributed by atoms with van der Waals surface area (Å²) in [6.07, 6.45) is 8.68. The Labute approximate surface area is 227 Å². The smallest absolute Gasteiger partial charge is 0.257 e. The lowest BCUT2D eigenvalue weighted by Gasteiger charge is -2.37. The third-order valence-corrected chi connectivity index (χ3v) is 8.74. The van der Waals surface area contributed by atoms with E-state index in [4.69, 9.17) is 9.72 Å². The molecule has 8 nitrogen and oxygen atoms in total. The number of carbonyl (C=O) groups is 3. The summed E-state index contributed by atoms with van der Waals surface area (Å²) in [5.74, 6) is -0.165. The first-order valence-corrected chi connectivity index (χ1v) is 14.4. The fraction of sp³-hybridized carbons (Fsp3) is 0.483. The number of thioether (sulfide) groups is 1. The second-order valence-electron chi connectivity index (χ2n) is 10.1. The summed E-state index contributed by atoms with van der Waals surface area (Å²) in [6, 6.07) is 10.0. The average molecular weight is 533 g/mol. The van der Waals surface area contributed by atoms with Crippen LogP contribution >= 0.6 is 11.8 Å². The monoisotopic (exact) mass is 532 g/mol. The number of hydrogen-bond acceptors (Lipinski definition) is 7. The number of hydrogen-bond donors (Lipinski definition) is 0. The van der Waals surface area contributed by atoms with Gasteiger partial charge in [0.2, 0.25) is 11.8 Å². The minimum Gasteiger partial charge on any atom is -0.497 e. The molecule has 1 aromatic heterocycles. The lowest BCUT2D eigenvalue weighted by Crippen LogP contribution is -2.52. The van der Waals surface area contributed by atoms with Crippen molar-refractivity contribution in [3.05, 3.63) is 47.2 Å². The van der Waals surface area contributed by atoms with E-state index in [0.717, 1.165) is 69.0 Å². The predicted molar refractivity (Wildman–Crippen MR) is 144 cm³/mol. The maximum Gasteiger partial charge on any atom is 0.257 e. The van der Waals surface area contributed by atoms with Crippen LogP contribution in [0.3, 0.4) is 0 Å². The number of nitriles is 1. The number of carbonyl (C=O) groups excluding carboxylic acids is 3. The van der Waals surface area contributed by atoms with Crippen molar-refractivity contribution in [2.45, 2.75) is 81.3 Å². The summed E-state index contributed by atoms with van der Waals surface area (Å²) >= 11 is 1.26. The lowest BCUT2D eigenvalue weighted by molar-refractivity contribution is -0.139. The zero-order valence-corrected chi connectivity index (χ0v) is 22.5. The Kier molecular flexibility index (Phi) is 7.98. The lowest BCUT2D eigenvalue weighted by atomic mass is 9.92. The molecule has 3 aliphatic rings. The predicted octanol–water partition coefficient (Wildman–Crippen LogP) is 4.43. The van der Waals surface area contributed by atoms with Crippen LogP contribution in [-0.4, -0.2) is 52.6 Å². The first-order valence-electron chi connectivity index (χ1n) is 13.4. The van der Waals surface area contributed by atoms with Crippen molar-refractivity contribution in [1.82, 2.24) is 9.88 Å². The van der Waals surface area contributed by atoms with E-state index in [1.54, 1.807) is 36.3 Å². The highest BCUT2D eigenvalue weighted by Crippen LogP contribution is 2.33. The average Bonchev–Trinajstić information content (AvgIpc) is 3.24. The maximum absolute atomic E-state index is 13.8. The highest BCUT2D eigenvalue weighted by Gasteiger charge is 2.46. The molecule has 0 spiro atoms. The van der Waals surface area contributed by atoms with Crippen molar-refractivity contribution in [1.29, 1.82) is 5.26 Å². The SMILES string of the molecule is COc1ccc(N2C(=O)CC(N(C(=O)CSc3nc4c(cc3C#N)CCCC4)C3CCCCC3)C2=O)cc1. The van der Waals surface area contributed by atoms with Gasteiger partial charge in [0.1, 0.15) is 22.9 Å². The minimum absolute atomic E-state index is 0.0295. The molecule has 1 saturated heterocycles. The van der Waals surface area contributed by atoms with Gasteiger partial charge >= 0.3 is 0 Å². The van der Waals surface area contributed by atoms with Gasteiger partial charge in [0.15, 0.2) is 0 Å². The molecule has 198 valence electrons. The van der Waals surface area contributed by atoms with Crippen LogP contribution in [-0.2, 0) is 27.2 Å². The van der Waals surface area contributed by atoms with Crippen LogP contribution in [0.25, 0.3) is 0 Å². The quantitative estimate of drug-likeness (QED) is 0.384. The molecule has 38 heavy (non-hydrogen) atoms. The minimum atomic E-state index is -0.826. The van der Waals surface area contributed by atoms with Crippen LogP contribution in [0, 0.1) is 11.3 Å². The zero-order chi connectivity index (χ0) is 26.6. The van der Waals surface area contributed by atoms with E-state index in [0.29, 0.717) is 22.0 Å². The second kappa shape index (κ2) is 11.6. The molecule has 1 unspecified atom stereocenters. The fourth-order valence-electron chi connectivity index (χ4n) is 5.84. The maximum atomic E-state index is 13.8. The van der Waals surface area contributed by atoms with Gasteiger partial charge in [0, 0.05) is 11.7 Å². The summed E-state index contributed by atoms with van der Waals surface area (Å²) in [5, 5.41) is 10.3. The standard InChI is InChI=1S/C29H32N4O4S/c1-37-23-13-11-22(12-14-23)33-26(34)16-25(29(33)36)32(21-8-3-2-4-9-21)27(35)18-38-28-20(17-30)15-19-7-5-6-10-24(19)31-28/h11-15,21,25H,2-10,16,18H2,1H3. The van der Waals surface area contributed by atoms with Gasteiger partial charge < -0.3 is 9.64 Å². The summed E-state index contributed by atoms with van der Waals surface area (Å²) in [7, 11) is 1.56. The van der Waals surface area contributed by atoms with Crippen molar-refractivity contribution < 1.29 is 19.1 Å². The van der Waals surface area contributed by atoms with Crippen LogP contribution < -0.4 is 9.64 Å². The van der Waals surface area contributed by atoms with Crippen molar-refractivity contribution in [3.63, 3.8) is 0 Å². The first-order chi connectivity index (χ1) is 18.5. The van der Waals surface area contributed by atoms with E-state index in [1.807, 2.05) is 6.07 Å². The van der Waals surface area contributed by atoms with E-state index in [1.165, 1.54) is 16.7 Å². The Balaban J connectivity index is 1.37. The third kappa shape index (κ3) is 5.28. The number of nitrogens with zero attached hydrogens (tertiary/aromatic N) is 4. The first kappa shape index (κ1) is 26.2. The Morgan fingerprint density at radius 1 is 1.13 bits per heavy atom. The Hall–Kier alpha value is -3.38. The van der Waals surface area contributed by atoms with Crippen molar-refractivity contribution >= 4 is 35.2 Å². The highest BCUT2D eigenvalue weighted by atomic mass is 32.2. The molecule has 5 rings (SSSR count). The van der Waals surface area contributed by atoms with Crippen molar-refractivity contribution in [3.8, 4) is 11.8 Å². The number of rotatable bonds is 7. The molecule has 1 saturated carbocycles. The summed E-state index contributed by atoms with van der Waals surface area (Å²) < 4.78 is 5.20. The largest absolute Gasteiger partial charge is 0.497 e. The van der Waals surface area contributed by atoms with Gasteiger partial charge in [0.05, 0.1) is 30.5 Å². The van der Waals surface area contributed by atoms with Crippen LogP contribution in [0.4, 0.5) is 5.69 Å². The number of imide groups is 1. The van der Waals surface area contributed by atoms with Crippen LogP contribution in [0.1, 0.15) is 68.2 Å². The normalized spacial score (nSPS) is 19.7. The van der Waals surface area contributed by atoms with Gasteiger partial charge in [0.25, 0.3) is 5.91 Å². The van der Waals surface area contributed by atoms with Crippen molar-refractivity contribution in [2.75, 3.05) is 17.8 Å². The molecular formula is C29H32N4O4S. The number of pyridine rings is 1. The molecule has 1 aliphatic heterocycles. The van der Waals surface area contributed by atoms with E-state index >= 15 is 0 Å². The molecule has 2 aliphatic carbocycles. The summed E-state index contributed by atoms with van der Waals surface area (Å²) in [5.41, 5.74) is 3.11. The molecule has 2 heterocycles. The summed E-state index contributed by atoms with van der Waals surface area (Å²) in [6.45, 7) is 0. The molecule has 2 fully saturated rings. The van der Waals surface area contributed by atoms with Gasteiger partial charge in [-0.25, -0.2) is 9.88 Å². The number of aryl methyl sites for hydroxylation is 2. The van der Waals surface area contributed by atoms with Crippen LogP contribution in [0.5, 0.6) is 5.75 Å². The number of anilines is 1. The van der Waals surface area contributed by atoms with Gasteiger partial charge in [-0.15, -0.1) is 0 Å².